The van der Waals surface area contributed by atoms with Crippen LogP contribution in [0.1, 0.15) is 18.4 Å². The minimum atomic E-state index is -0.142. The van der Waals surface area contributed by atoms with Crippen LogP contribution in [0.4, 0.5) is 10.1 Å². The first kappa shape index (κ1) is 11.4. The number of anilines is 1. The highest BCUT2D eigenvalue weighted by molar-refractivity contribution is 5.48. The molecule has 1 aliphatic carbocycles. The fourth-order valence-corrected chi connectivity index (χ4v) is 2.06. The largest absolute Gasteiger partial charge is 0.374 e. The average molecular weight is 222 g/mol. The normalized spacial score (nSPS) is 17.2. The van der Waals surface area contributed by atoms with Gasteiger partial charge in [-0.15, -0.1) is 0 Å². The van der Waals surface area contributed by atoms with Crippen molar-refractivity contribution in [3.05, 3.63) is 29.6 Å². The molecule has 1 aliphatic rings. The van der Waals surface area contributed by atoms with Crippen LogP contribution < -0.4 is 10.6 Å². The van der Waals surface area contributed by atoms with Gasteiger partial charge in [0.15, 0.2) is 0 Å². The molecule has 1 aromatic carbocycles. The molecule has 0 atom stereocenters. The molecule has 0 spiro atoms. The van der Waals surface area contributed by atoms with Gasteiger partial charge in [-0.2, -0.15) is 0 Å². The van der Waals surface area contributed by atoms with Crippen molar-refractivity contribution in [2.24, 2.45) is 11.1 Å². The van der Waals surface area contributed by atoms with Crippen LogP contribution in [0.15, 0.2) is 18.2 Å². The lowest BCUT2D eigenvalue weighted by Crippen LogP contribution is -2.31. The first-order chi connectivity index (χ1) is 7.56. The van der Waals surface area contributed by atoms with Gasteiger partial charge in [-0.25, -0.2) is 4.39 Å². The number of hydrogen-bond acceptors (Lipinski definition) is 2. The van der Waals surface area contributed by atoms with E-state index in [4.69, 9.17) is 5.73 Å². The summed E-state index contributed by atoms with van der Waals surface area (Å²) in [6.45, 7) is 3.51. The zero-order chi connectivity index (χ0) is 11.8. The molecule has 1 aromatic rings. The molecule has 0 unspecified atom stereocenters. The van der Waals surface area contributed by atoms with Crippen molar-refractivity contribution in [2.75, 3.05) is 25.0 Å². The summed E-state index contributed by atoms with van der Waals surface area (Å²) in [5.41, 5.74) is 7.84. The molecule has 0 heterocycles. The van der Waals surface area contributed by atoms with Crippen molar-refractivity contribution in [1.29, 1.82) is 0 Å². The Morgan fingerprint density at radius 1 is 1.44 bits per heavy atom. The summed E-state index contributed by atoms with van der Waals surface area (Å²) in [4.78, 5) is 2.17. The summed E-state index contributed by atoms with van der Waals surface area (Å²) in [5.74, 6) is -0.142. The standard InChI is InChI=1S/C13H19FN2/c1-10-7-11(3-4-12(10)14)16(2)9-13(8-15)5-6-13/h3-4,7H,5-6,8-9,15H2,1-2H3. The fourth-order valence-electron chi connectivity index (χ4n) is 2.06. The van der Waals surface area contributed by atoms with Gasteiger partial charge in [0.05, 0.1) is 0 Å². The number of benzene rings is 1. The monoisotopic (exact) mass is 222 g/mol. The number of hydrogen-bond donors (Lipinski definition) is 1. The second-order valence-electron chi connectivity index (χ2n) is 4.99. The predicted octanol–water partition coefficient (Wildman–Crippen LogP) is 2.31. The van der Waals surface area contributed by atoms with Crippen LogP contribution in [-0.2, 0) is 0 Å². The molecule has 0 amide bonds. The van der Waals surface area contributed by atoms with E-state index in [0.717, 1.165) is 18.8 Å². The first-order valence-electron chi connectivity index (χ1n) is 5.74. The van der Waals surface area contributed by atoms with Crippen LogP contribution in [0.5, 0.6) is 0 Å². The molecule has 1 saturated carbocycles. The first-order valence-corrected chi connectivity index (χ1v) is 5.74. The molecule has 0 radical (unpaired) electrons. The Bertz CT molecular complexity index is 386. The van der Waals surface area contributed by atoms with Crippen molar-refractivity contribution in [3.63, 3.8) is 0 Å². The lowest BCUT2D eigenvalue weighted by molar-refractivity contribution is 0.523. The van der Waals surface area contributed by atoms with Gasteiger partial charge in [0, 0.05) is 24.7 Å². The third-order valence-corrected chi connectivity index (χ3v) is 3.55. The molecule has 16 heavy (non-hydrogen) atoms. The molecule has 2 nitrogen and oxygen atoms in total. The van der Waals surface area contributed by atoms with E-state index in [2.05, 4.69) is 4.90 Å². The van der Waals surface area contributed by atoms with Gasteiger partial charge in [0.1, 0.15) is 5.82 Å². The highest BCUT2D eigenvalue weighted by Crippen LogP contribution is 2.45. The number of rotatable bonds is 4. The van der Waals surface area contributed by atoms with E-state index in [1.807, 2.05) is 19.2 Å². The van der Waals surface area contributed by atoms with Crippen LogP contribution in [-0.4, -0.2) is 20.1 Å². The van der Waals surface area contributed by atoms with Crippen LogP contribution in [0.25, 0.3) is 0 Å². The van der Waals surface area contributed by atoms with E-state index in [0.29, 0.717) is 11.0 Å². The van der Waals surface area contributed by atoms with Crippen molar-refractivity contribution >= 4 is 5.69 Å². The predicted molar refractivity (Wildman–Crippen MR) is 65.1 cm³/mol. The van der Waals surface area contributed by atoms with Gasteiger partial charge in [-0.3, -0.25) is 0 Å². The average Bonchev–Trinajstić information content (AvgIpc) is 3.02. The molecule has 2 rings (SSSR count). The van der Waals surface area contributed by atoms with E-state index in [9.17, 15) is 4.39 Å². The third-order valence-electron chi connectivity index (χ3n) is 3.55. The Labute approximate surface area is 96.2 Å². The molecular weight excluding hydrogens is 203 g/mol. The van der Waals surface area contributed by atoms with Gasteiger partial charge < -0.3 is 10.6 Å². The zero-order valence-electron chi connectivity index (χ0n) is 9.96. The summed E-state index contributed by atoms with van der Waals surface area (Å²) >= 11 is 0. The minimum Gasteiger partial charge on any atom is -0.374 e. The molecule has 3 heteroatoms. The van der Waals surface area contributed by atoms with Gasteiger partial charge in [-0.05, 0) is 50.1 Å². The van der Waals surface area contributed by atoms with Crippen molar-refractivity contribution < 1.29 is 4.39 Å². The highest BCUT2D eigenvalue weighted by atomic mass is 19.1. The summed E-state index contributed by atoms with van der Waals surface area (Å²) in [7, 11) is 2.04. The van der Waals surface area contributed by atoms with Gasteiger partial charge in [-0.1, -0.05) is 0 Å². The summed E-state index contributed by atoms with van der Waals surface area (Å²) in [6, 6.07) is 5.25. The van der Waals surface area contributed by atoms with Crippen LogP contribution in [0, 0.1) is 18.2 Å². The molecule has 0 aliphatic heterocycles. The Morgan fingerprint density at radius 2 is 2.12 bits per heavy atom. The number of aryl methyl sites for hydroxylation is 1. The maximum Gasteiger partial charge on any atom is 0.126 e. The van der Waals surface area contributed by atoms with E-state index in [1.165, 1.54) is 18.9 Å². The number of halogens is 1. The minimum absolute atomic E-state index is 0.142. The summed E-state index contributed by atoms with van der Waals surface area (Å²) < 4.78 is 13.1. The smallest absolute Gasteiger partial charge is 0.126 e. The van der Waals surface area contributed by atoms with E-state index in [-0.39, 0.29) is 5.82 Å². The van der Waals surface area contributed by atoms with Crippen molar-refractivity contribution in [1.82, 2.24) is 0 Å². The van der Waals surface area contributed by atoms with Crippen LogP contribution >= 0.6 is 0 Å². The SMILES string of the molecule is Cc1cc(N(C)CC2(CN)CC2)ccc1F. The Hall–Kier alpha value is -1.09. The lowest BCUT2D eigenvalue weighted by Gasteiger charge is -2.25. The molecule has 0 aromatic heterocycles. The molecule has 88 valence electrons. The fraction of sp³-hybridized carbons (Fsp3) is 0.538. The number of nitrogens with zero attached hydrogens (tertiary/aromatic N) is 1. The van der Waals surface area contributed by atoms with E-state index in [1.54, 1.807) is 6.92 Å². The molecule has 1 fully saturated rings. The zero-order valence-corrected chi connectivity index (χ0v) is 9.96. The highest BCUT2D eigenvalue weighted by Gasteiger charge is 2.42. The maximum atomic E-state index is 13.1. The second kappa shape index (κ2) is 4.06. The quantitative estimate of drug-likeness (QED) is 0.847. The molecule has 0 saturated heterocycles. The topological polar surface area (TPSA) is 29.3 Å². The Kier molecular flexibility index (Phi) is 2.89. The Balaban J connectivity index is 2.09. The number of nitrogens with two attached hydrogens (primary N) is 1. The molecule has 0 bridgehead atoms. The van der Waals surface area contributed by atoms with Gasteiger partial charge in [0.2, 0.25) is 0 Å². The summed E-state index contributed by atoms with van der Waals surface area (Å²) in [5, 5.41) is 0. The van der Waals surface area contributed by atoms with E-state index < -0.39 is 0 Å². The van der Waals surface area contributed by atoms with Crippen molar-refractivity contribution in [3.8, 4) is 0 Å². The summed E-state index contributed by atoms with van der Waals surface area (Å²) in [6.07, 6.45) is 2.43. The van der Waals surface area contributed by atoms with Gasteiger partial charge in [0.25, 0.3) is 0 Å². The maximum absolute atomic E-state index is 13.1. The third kappa shape index (κ3) is 2.19. The van der Waals surface area contributed by atoms with Crippen molar-refractivity contribution in [2.45, 2.75) is 19.8 Å². The van der Waals surface area contributed by atoms with Crippen LogP contribution in [0.2, 0.25) is 0 Å². The van der Waals surface area contributed by atoms with Gasteiger partial charge >= 0.3 is 0 Å². The van der Waals surface area contributed by atoms with Crippen LogP contribution in [0.3, 0.4) is 0 Å². The molecule has 2 N–H and O–H groups in total. The lowest BCUT2D eigenvalue weighted by atomic mass is 10.1. The molecular formula is C13H19FN2. The Morgan fingerprint density at radius 3 is 2.62 bits per heavy atom. The van der Waals surface area contributed by atoms with E-state index >= 15 is 0 Å². The second-order valence-corrected chi connectivity index (χ2v) is 4.99.